The standard InChI is InChI=1S/C14H12FN3O4/c1-22-13(19)7-2-3-8(10(15)4-7)12-9-5-18(14(20)21)6-11(9)16-17-12/h2-4H,5-6H2,1H3,(H,16,17)(H,20,21). The molecular weight excluding hydrogens is 293 g/mol. The zero-order chi connectivity index (χ0) is 15.9. The first-order valence-corrected chi connectivity index (χ1v) is 6.43. The van der Waals surface area contributed by atoms with E-state index in [1.54, 1.807) is 0 Å². The van der Waals surface area contributed by atoms with Crippen LogP contribution in [-0.4, -0.2) is 39.4 Å². The monoisotopic (exact) mass is 305 g/mol. The molecule has 0 atom stereocenters. The number of ether oxygens (including phenoxy) is 1. The Morgan fingerprint density at radius 2 is 2.18 bits per heavy atom. The molecule has 1 aromatic carbocycles. The van der Waals surface area contributed by atoms with Crippen LogP contribution in [0.4, 0.5) is 9.18 Å². The number of esters is 1. The Labute approximate surface area is 124 Å². The molecule has 1 aliphatic heterocycles. The van der Waals surface area contributed by atoms with Gasteiger partial charge < -0.3 is 9.84 Å². The lowest BCUT2D eigenvalue weighted by atomic mass is 10.0. The van der Waals surface area contributed by atoms with Crippen LogP contribution in [0.25, 0.3) is 11.3 Å². The number of hydrogen-bond donors (Lipinski definition) is 2. The second-order valence-electron chi connectivity index (χ2n) is 4.85. The van der Waals surface area contributed by atoms with Crippen molar-refractivity contribution in [1.29, 1.82) is 0 Å². The summed E-state index contributed by atoms with van der Waals surface area (Å²) in [5.74, 6) is -1.25. The lowest BCUT2D eigenvalue weighted by Crippen LogP contribution is -2.23. The highest BCUT2D eigenvalue weighted by molar-refractivity contribution is 5.90. The second-order valence-corrected chi connectivity index (χ2v) is 4.85. The first-order valence-electron chi connectivity index (χ1n) is 6.43. The van der Waals surface area contributed by atoms with Crippen LogP contribution >= 0.6 is 0 Å². The van der Waals surface area contributed by atoms with E-state index < -0.39 is 17.9 Å². The van der Waals surface area contributed by atoms with E-state index in [2.05, 4.69) is 14.9 Å². The Morgan fingerprint density at radius 3 is 2.82 bits per heavy atom. The lowest BCUT2D eigenvalue weighted by Gasteiger charge is -2.10. The van der Waals surface area contributed by atoms with Crippen LogP contribution < -0.4 is 0 Å². The fraction of sp³-hybridized carbons (Fsp3) is 0.214. The summed E-state index contributed by atoms with van der Waals surface area (Å²) in [7, 11) is 1.22. The molecule has 1 aromatic heterocycles. The number of aromatic amines is 1. The largest absolute Gasteiger partial charge is 0.465 e. The molecule has 8 heteroatoms. The van der Waals surface area contributed by atoms with Crippen LogP contribution in [-0.2, 0) is 17.8 Å². The average Bonchev–Trinajstić information content (AvgIpc) is 3.07. The number of carbonyl (C=O) groups excluding carboxylic acids is 1. The Kier molecular flexibility index (Phi) is 3.28. The van der Waals surface area contributed by atoms with Gasteiger partial charge in [0.15, 0.2) is 0 Å². The number of H-pyrrole nitrogens is 1. The first kappa shape index (κ1) is 14.1. The van der Waals surface area contributed by atoms with Gasteiger partial charge in [0.2, 0.25) is 0 Å². The molecule has 1 amide bonds. The van der Waals surface area contributed by atoms with Gasteiger partial charge in [-0.3, -0.25) is 10.00 Å². The van der Waals surface area contributed by atoms with E-state index in [-0.39, 0.29) is 24.2 Å². The van der Waals surface area contributed by atoms with Crippen molar-refractivity contribution in [3.8, 4) is 11.3 Å². The maximum atomic E-state index is 14.2. The highest BCUT2D eigenvalue weighted by Crippen LogP contribution is 2.32. The van der Waals surface area contributed by atoms with Gasteiger partial charge in [-0.15, -0.1) is 0 Å². The van der Waals surface area contributed by atoms with E-state index in [1.807, 2.05) is 0 Å². The third-order valence-electron chi connectivity index (χ3n) is 3.57. The van der Waals surface area contributed by atoms with Crippen molar-refractivity contribution in [1.82, 2.24) is 15.1 Å². The molecular formula is C14H12FN3O4. The number of amides is 1. The number of benzene rings is 1. The third kappa shape index (κ3) is 2.18. The predicted molar refractivity (Wildman–Crippen MR) is 72.6 cm³/mol. The van der Waals surface area contributed by atoms with Gasteiger partial charge in [-0.1, -0.05) is 0 Å². The van der Waals surface area contributed by atoms with Crippen LogP contribution in [0.5, 0.6) is 0 Å². The van der Waals surface area contributed by atoms with E-state index in [0.717, 1.165) is 6.07 Å². The van der Waals surface area contributed by atoms with Gasteiger partial charge in [0, 0.05) is 11.1 Å². The third-order valence-corrected chi connectivity index (χ3v) is 3.57. The van der Waals surface area contributed by atoms with E-state index >= 15 is 0 Å². The minimum absolute atomic E-state index is 0.100. The molecule has 0 unspecified atom stereocenters. The van der Waals surface area contributed by atoms with Gasteiger partial charge in [-0.05, 0) is 18.2 Å². The molecule has 0 fully saturated rings. The summed E-state index contributed by atoms with van der Waals surface area (Å²) in [6.07, 6.45) is -1.04. The topological polar surface area (TPSA) is 95.5 Å². The van der Waals surface area contributed by atoms with Crippen molar-refractivity contribution >= 4 is 12.1 Å². The molecule has 114 valence electrons. The Bertz CT molecular complexity index is 771. The number of carboxylic acid groups (broad SMARTS) is 1. The van der Waals surface area contributed by atoms with Crippen LogP contribution in [0.15, 0.2) is 18.2 Å². The van der Waals surface area contributed by atoms with Gasteiger partial charge in [0.05, 0.1) is 31.5 Å². The number of nitrogens with zero attached hydrogens (tertiary/aromatic N) is 2. The lowest BCUT2D eigenvalue weighted by molar-refractivity contribution is 0.0600. The zero-order valence-corrected chi connectivity index (χ0v) is 11.6. The second kappa shape index (κ2) is 5.14. The zero-order valence-electron chi connectivity index (χ0n) is 11.6. The summed E-state index contributed by atoms with van der Waals surface area (Å²) in [6.45, 7) is 0.341. The molecule has 22 heavy (non-hydrogen) atoms. The van der Waals surface area contributed by atoms with Crippen molar-refractivity contribution in [3.63, 3.8) is 0 Å². The summed E-state index contributed by atoms with van der Waals surface area (Å²) in [6, 6.07) is 3.95. The molecule has 0 aliphatic carbocycles. The minimum atomic E-state index is -1.04. The van der Waals surface area contributed by atoms with Crippen molar-refractivity contribution in [2.75, 3.05) is 7.11 Å². The number of fused-ring (bicyclic) bond motifs is 1. The molecule has 0 bridgehead atoms. The quantitative estimate of drug-likeness (QED) is 0.827. The summed E-state index contributed by atoms with van der Waals surface area (Å²) in [5, 5.41) is 15.8. The molecule has 3 rings (SSSR count). The Balaban J connectivity index is 1.97. The number of hydrogen-bond acceptors (Lipinski definition) is 4. The number of nitrogens with one attached hydrogen (secondary N) is 1. The molecule has 1 aliphatic rings. The van der Waals surface area contributed by atoms with Crippen LogP contribution in [0.2, 0.25) is 0 Å². The number of aromatic nitrogens is 2. The van der Waals surface area contributed by atoms with E-state index in [0.29, 0.717) is 17.0 Å². The molecule has 0 saturated heterocycles. The molecule has 0 saturated carbocycles. The Hall–Kier alpha value is -2.90. The maximum absolute atomic E-state index is 14.2. The highest BCUT2D eigenvalue weighted by atomic mass is 19.1. The number of halogens is 1. The van der Waals surface area contributed by atoms with E-state index in [1.165, 1.54) is 24.1 Å². The SMILES string of the molecule is COC(=O)c1ccc(-c2n[nH]c3c2CN(C(=O)O)C3)c(F)c1. The summed E-state index contributed by atoms with van der Waals surface area (Å²) >= 11 is 0. The van der Waals surface area contributed by atoms with Gasteiger partial charge in [0.1, 0.15) is 11.5 Å². The van der Waals surface area contributed by atoms with Gasteiger partial charge >= 0.3 is 12.1 Å². The summed E-state index contributed by atoms with van der Waals surface area (Å²) in [4.78, 5) is 23.6. The predicted octanol–water partition coefficient (Wildman–Crippen LogP) is 2.00. The van der Waals surface area contributed by atoms with E-state index in [4.69, 9.17) is 5.11 Å². The van der Waals surface area contributed by atoms with Crippen molar-refractivity contribution in [2.45, 2.75) is 13.1 Å². The molecule has 2 heterocycles. The normalized spacial score (nSPS) is 13.1. The number of rotatable bonds is 2. The minimum Gasteiger partial charge on any atom is -0.465 e. The molecule has 2 N–H and O–H groups in total. The fourth-order valence-corrected chi connectivity index (χ4v) is 2.45. The average molecular weight is 305 g/mol. The summed E-state index contributed by atoms with van der Waals surface area (Å²) < 4.78 is 18.8. The van der Waals surface area contributed by atoms with Gasteiger partial charge in [0.25, 0.3) is 0 Å². The number of carbonyl (C=O) groups is 2. The van der Waals surface area contributed by atoms with Crippen LogP contribution in [0.3, 0.4) is 0 Å². The summed E-state index contributed by atoms with van der Waals surface area (Å²) in [5.41, 5.74) is 1.95. The van der Waals surface area contributed by atoms with Crippen molar-refractivity contribution in [3.05, 3.63) is 40.8 Å². The molecule has 0 spiro atoms. The van der Waals surface area contributed by atoms with Gasteiger partial charge in [-0.2, -0.15) is 5.10 Å². The Morgan fingerprint density at radius 1 is 1.41 bits per heavy atom. The van der Waals surface area contributed by atoms with Crippen LogP contribution in [0, 0.1) is 5.82 Å². The molecule has 7 nitrogen and oxygen atoms in total. The fourth-order valence-electron chi connectivity index (χ4n) is 2.45. The highest BCUT2D eigenvalue weighted by Gasteiger charge is 2.29. The number of methoxy groups -OCH3 is 1. The van der Waals surface area contributed by atoms with Crippen molar-refractivity contribution in [2.24, 2.45) is 0 Å². The first-order chi connectivity index (χ1) is 10.5. The van der Waals surface area contributed by atoms with Gasteiger partial charge in [-0.25, -0.2) is 14.0 Å². The maximum Gasteiger partial charge on any atom is 0.407 e. The van der Waals surface area contributed by atoms with E-state index in [9.17, 15) is 14.0 Å². The smallest absolute Gasteiger partial charge is 0.407 e. The van der Waals surface area contributed by atoms with Crippen LogP contribution in [0.1, 0.15) is 21.6 Å². The molecule has 2 aromatic rings. The molecule has 0 radical (unpaired) electrons. The van der Waals surface area contributed by atoms with Crippen molar-refractivity contribution < 1.29 is 23.8 Å².